The average molecular weight is 394 g/mol. The van der Waals surface area contributed by atoms with Crippen LogP contribution >= 0.6 is 0 Å². The van der Waals surface area contributed by atoms with Gasteiger partial charge in [-0.25, -0.2) is 17.9 Å². The number of nitrogens with one attached hydrogen (secondary N) is 1. The van der Waals surface area contributed by atoms with E-state index in [1.807, 2.05) is 0 Å². The third kappa shape index (κ3) is 5.29. The standard InChI is InChI=1S/C19H26N2O5S/c1-14-6-9-16(27(24,25)20-15-7-8-15)12-17(14)19(23)26-13-18(22)21-10-4-2-3-5-11-21/h6,9,12,15,20H,2-5,7-8,10-11,13H2,1H3. The van der Waals surface area contributed by atoms with Crippen molar-refractivity contribution < 1.29 is 22.7 Å². The maximum Gasteiger partial charge on any atom is 0.338 e. The van der Waals surface area contributed by atoms with Crippen molar-refractivity contribution in [3.63, 3.8) is 0 Å². The predicted molar refractivity (Wildman–Crippen MR) is 99.9 cm³/mol. The van der Waals surface area contributed by atoms with E-state index < -0.39 is 16.0 Å². The van der Waals surface area contributed by atoms with Crippen LogP contribution < -0.4 is 4.72 Å². The van der Waals surface area contributed by atoms with E-state index in [0.29, 0.717) is 18.7 Å². The quantitative estimate of drug-likeness (QED) is 0.745. The van der Waals surface area contributed by atoms with Crippen LogP contribution in [0.15, 0.2) is 23.1 Å². The third-order valence-corrected chi connectivity index (χ3v) is 6.44. The van der Waals surface area contributed by atoms with Gasteiger partial charge in [-0.1, -0.05) is 18.9 Å². The van der Waals surface area contributed by atoms with E-state index in [0.717, 1.165) is 38.5 Å². The first kappa shape index (κ1) is 19.8. The van der Waals surface area contributed by atoms with Gasteiger partial charge in [0.2, 0.25) is 10.0 Å². The van der Waals surface area contributed by atoms with Gasteiger partial charge in [-0.3, -0.25) is 4.79 Å². The van der Waals surface area contributed by atoms with Crippen molar-refractivity contribution in [3.05, 3.63) is 29.3 Å². The van der Waals surface area contributed by atoms with Gasteiger partial charge in [0.15, 0.2) is 6.61 Å². The number of esters is 1. The van der Waals surface area contributed by atoms with E-state index >= 15 is 0 Å². The van der Waals surface area contributed by atoms with E-state index in [2.05, 4.69) is 4.72 Å². The molecule has 7 nitrogen and oxygen atoms in total. The highest BCUT2D eigenvalue weighted by Crippen LogP contribution is 2.23. The molecule has 1 saturated carbocycles. The smallest absolute Gasteiger partial charge is 0.338 e. The SMILES string of the molecule is Cc1ccc(S(=O)(=O)NC2CC2)cc1C(=O)OCC(=O)N1CCCCCC1. The Morgan fingerprint density at radius 2 is 1.81 bits per heavy atom. The third-order valence-electron chi connectivity index (χ3n) is 4.92. The zero-order valence-corrected chi connectivity index (χ0v) is 16.4. The molecule has 3 rings (SSSR count). The second kappa shape index (κ2) is 8.39. The molecule has 1 saturated heterocycles. The van der Waals surface area contributed by atoms with Gasteiger partial charge in [-0.2, -0.15) is 0 Å². The van der Waals surface area contributed by atoms with Gasteiger partial charge in [-0.15, -0.1) is 0 Å². The number of hydrogen-bond donors (Lipinski definition) is 1. The number of hydrogen-bond acceptors (Lipinski definition) is 5. The summed E-state index contributed by atoms with van der Waals surface area (Å²) in [6, 6.07) is 4.35. The number of likely N-dealkylation sites (tertiary alicyclic amines) is 1. The molecular formula is C19H26N2O5S. The van der Waals surface area contributed by atoms with Crippen LogP contribution in [-0.2, 0) is 19.6 Å². The van der Waals surface area contributed by atoms with Crippen LogP contribution in [0.4, 0.5) is 0 Å². The van der Waals surface area contributed by atoms with Crippen LogP contribution in [0.2, 0.25) is 0 Å². The number of sulfonamides is 1. The summed E-state index contributed by atoms with van der Waals surface area (Å²) >= 11 is 0. The van der Waals surface area contributed by atoms with Gasteiger partial charge in [0.25, 0.3) is 5.91 Å². The molecule has 1 N–H and O–H groups in total. The van der Waals surface area contributed by atoms with Crippen molar-refractivity contribution in [2.75, 3.05) is 19.7 Å². The van der Waals surface area contributed by atoms with Gasteiger partial charge in [0.1, 0.15) is 0 Å². The maximum absolute atomic E-state index is 12.4. The Labute approximate surface area is 160 Å². The van der Waals surface area contributed by atoms with Crippen LogP contribution in [0.5, 0.6) is 0 Å². The number of carbonyl (C=O) groups excluding carboxylic acids is 2. The molecule has 1 aliphatic carbocycles. The first-order chi connectivity index (χ1) is 12.9. The molecule has 1 aromatic rings. The molecule has 0 spiro atoms. The number of carbonyl (C=O) groups is 2. The van der Waals surface area contributed by atoms with Crippen molar-refractivity contribution in [2.24, 2.45) is 0 Å². The molecule has 2 aliphatic rings. The molecule has 1 heterocycles. The summed E-state index contributed by atoms with van der Waals surface area (Å²) in [7, 11) is -3.66. The van der Waals surface area contributed by atoms with Crippen molar-refractivity contribution in [2.45, 2.75) is 56.4 Å². The number of amides is 1. The highest BCUT2D eigenvalue weighted by molar-refractivity contribution is 7.89. The lowest BCUT2D eigenvalue weighted by Crippen LogP contribution is -2.35. The second-order valence-electron chi connectivity index (χ2n) is 7.24. The Balaban J connectivity index is 1.65. The van der Waals surface area contributed by atoms with Crippen molar-refractivity contribution >= 4 is 21.9 Å². The maximum atomic E-state index is 12.4. The highest BCUT2D eigenvalue weighted by Gasteiger charge is 2.29. The summed E-state index contributed by atoms with van der Waals surface area (Å²) < 4.78 is 32.5. The lowest BCUT2D eigenvalue weighted by molar-refractivity contribution is -0.134. The summed E-state index contributed by atoms with van der Waals surface area (Å²) in [6.07, 6.45) is 5.81. The second-order valence-corrected chi connectivity index (χ2v) is 8.96. The summed E-state index contributed by atoms with van der Waals surface area (Å²) in [5, 5.41) is 0. The number of nitrogens with zero attached hydrogens (tertiary/aromatic N) is 1. The molecule has 2 fully saturated rings. The van der Waals surface area contributed by atoms with E-state index in [-0.39, 0.29) is 29.0 Å². The largest absolute Gasteiger partial charge is 0.452 e. The first-order valence-electron chi connectivity index (χ1n) is 9.45. The molecule has 0 unspecified atom stereocenters. The molecule has 0 radical (unpaired) electrons. The van der Waals surface area contributed by atoms with Crippen LogP contribution in [0.3, 0.4) is 0 Å². The predicted octanol–water partition coefficient (Wildman–Crippen LogP) is 2.00. The monoisotopic (exact) mass is 394 g/mol. The van der Waals surface area contributed by atoms with E-state index in [1.54, 1.807) is 17.9 Å². The molecule has 1 aliphatic heterocycles. The van der Waals surface area contributed by atoms with Crippen LogP contribution in [0.25, 0.3) is 0 Å². The Kier molecular flexibility index (Phi) is 6.16. The van der Waals surface area contributed by atoms with Crippen molar-refractivity contribution in [1.82, 2.24) is 9.62 Å². The Bertz CT molecular complexity index is 809. The average Bonchev–Trinajstić information content (AvgIpc) is 3.46. The molecule has 148 valence electrons. The molecule has 0 aromatic heterocycles. The minimum Gasteiger partial charge on any atom is -0.452 e. The zero-order valence-electron chi connectivity index (χ0n) is 15.6. The van der Waals surface area contributed by atoms with Crippen molar-refractivity contribution in [3.8, 4) is 0 Å². The van der Waals surface area contributed by atoms with Crippen LogP contribution in [0.1, 0.15) is 54.4 Å². The number of rotatable bonds is 6. The van der Waals surface area contributed by atoms with Gasteiger partial charge in [0, 0.05) is 19.1 Å². The van der Waals surface area contributed by atoms with Gasteiger partial charge >= 0.3 is 5.97 Å². The molecule has 27 heavy (non-hydrogen) atoms. The Hall–Kier alpha value is -1.93. The fourth-order valence-electron chi connectivity index (χ4n) is 3.09. The fraction of sp³-hybridized carbons (Fsp3) is 0.579. The number of benzene rings is 1. The zero-order chi connectivity index (χ0) is 19.4. The number of ether oxygens (including phenoxy) is 1. The molecule has 8 heteroatoms. The minimum absolute atomic E-state index is 0.0158. The lowest BCUT2D eigenvalue weighted by atomic mass is 10.1. The van der Waals surface area contributed by atoms with E-state index in [9.17, 15) is 18.0 Å². The molecule has 1 amide bonds. The van der Waals surface area contributed by atoms with E-state index in [1.165, 1.54) is 12.1 Å². The van der Waals surface area contributed by atoms with Crippen LogP contribution in [-0.4, -0.2) is 50.9 Å². The fourth-order valence-corrected chi connectivity index (χ4v) is 4.42. The molecule has 0 bridgehead atoms. The minimum atomic E-state index is -3.66. The van der Waals surface area contributed by atoms with Crippen LogP contribution in [0, 0.1) is 6.92 Å². The molecule has 0 atom stereocenters. The van der Waals surface area contributed by atoms with E-state index in [4.69, 9.17) is 4.74 Å². The Morgan fingerprint density at radius 3 is 2.44 bits per heavy atom. The van der Waals surface area contributed by atoms with Gasteiger partial charge in [-0.05, 0) is 50.3 Å². The highest BCUT2D eigenvalue weighted by atomic mass is 32.2. The normalized spacial score (nSPS) is 18.0. The summed E-state index contributed by atoms with van der Waals surface area (Å²) in [4.78, 5) is 26.5. The first-order valence-corrected chi connectivity index (χ1v) is 10.9. The molecular weight excluding hydrogens is 368 g/mol. The Morgan fingerprint density at radius 1 is 1.15 bits per heavy atom. The number of aryl methyl sites for hydroxylation is 1. The lowest BCUT2D eigenvalue weighted by Gasteiger charge is -2.20. The van der Waals surface area contributed by atoms with Crippen molar-refractivity contribution in [1.29, 1.82) is 0 Å². The summed E-state index contributed by atoms with van der Waals surface area (Å²) in [5.41, 5.74) is 0.768. The topological polar surface area (TPSA) is 92.8 Å². The van der Waals surface area contributed by atoms with Gasteiger partial charge < -0.3 is 9.64 Å². The molecule has 1 aromatic carbocycles. The summed E-state index contributed by atoms with van der Waals surface area (Å²) in [5.74, 6) is -0.888. The van der Waals surface area contributed by atoms with Gasteiger partial charge in [0.05, 0.1) is 10.5 Å². The summed E-state index contributed by atoms with van der Waals surface area (Å²) in [6.45, 7) is 2.76.